The Morgan fingerprint density at radius 1 is 1.15 bits per heavy atom. The van der Waals surface area contributed by atoms with Gasteiger partial charge in [0.1, 0.15) is 0 Å². The lowest BCUT2D eigenvalue weighted by Gasteiger charge is -2.28. The highest BCUT2D eigenvalue weighted by Gasteiger charge is 2.39. The Balaban J connectivity index is 1.62. The Bertz CT molecular complexity index is 987. The van der Waals surface area contributed by atoms with Crippen LogP contribution in [0.1, 0.15) is 44.6 Å². The second-order valence-electron chi connectivity index (χ2n) is 8.08. The minimum absolute atomic E-state index is 0.121. The van der Waals surface area contributed by atoms with Crippen molar-refractivity contribution in [3.63, 3.8) is 0 Å². The lowest BCUT2D eigenvalue weighted by molar-refractivity contribution is 0.153. The van der Waals surface area contributed by atoms with Gasteiger partial charge >= 0.3 is 0 Å². The molecule has 4 rings (SSSR count). The van der Waals surface area contributed by atoms with E-state index in [2.05, 4.69) is 46.1 Å². The van der Waals surface area contributed by atoms with E-state index in [0.29, 0.717) is 24.4 Å². The number of hydrogen-bond donors (Lipinski definition) is 0. The summed E-state index contributed by atoms with van der Waals surface area (Å²) in [5.41, 5.74) is 2.39. The van der Waals surface area contributed by atoms with E-state index < -0.39 is 9.84 Å². The summed E-state index contributed by atoms with van der Waals surface area (Å²) < 4.78 is 28.8. The molecule has 2 aromatic rings. The van der Waals surface area contributed by atoms with Gasteiger partial charge in [-0.1, -0.05) is 32.0 Å². The SMILES string of the molecule is CC(C)c1ccccc1-n1ccn(CN(C2CC2)C2CCS(=O)(=O)C2)c1=S. The predicted molar refractivity (Wildman–Crippen MR) is 111 cm³/mol. The van der Waals surface area contributed by atoms with Gasteiger partial charge in [0.05, 0.1) is 23.9 Å². The third-order valence-electron chi connectivity index (χ3n) is 5.67. The van der Waals surface area contributed by atoms with Gasteiger partial charge in [-0.05, 0) is 49.0 Å². The second-order valence-corrected chi connectivity index (χ2v) is 10.7. The van der Waals surface area contributed by atoms with E-state index in [1.54, 1.807) is 0 Å². The first-order valence-corrected chi connectivity index (χ1v) is 11.9. The molecule has 0 radical (unpaired) electrons. The monoisotopic (exact) mass is 405 g/mol. The summed E-state index contributed by atoms with van der Waals surface area (Å²) in [4.78, 5) is 2.36. The molecular weight excluding hydrogens is 378 g/mol. The molecule has 1 aromatic carbocycles. The van der Waals surface area contributed by atoms with Crippen molar-refractivity contribution in [1.82, 2.24) is 14.0 Å². The summed E-state index contributed by atoms with van der Waals surface area (Å²) in [6.45, 7) is 5.05. The summed E-state index contributed by atoms with van der Waals surface area (Å²) in [5, 5.41) is 0. The van der Waals surface area contributed by atoms with Crippen LogP contribution < -0.4 is 0 Å². The highest BCUT2D eigenvalue weighted by molar-refractivity contribution is 7.91. The number of benzene rings is 1. The van der Waals surface area contributed by atoms with Crippen molar-refractivity contribution < 1.29 is 8.42 Å². The molecule has 1 atom stereocenters. The van der Waals surface area contributed by atoms with Crippen LogP contribution in [0, 0.1) is 4.77 Å². The molecule has 0 N–H and O–H groups in total. The minimum Gasteiger partial charge on any atom is -0.310 e. The average molecular weight is 406 g/mol. The number of sulfone groups is 1. The average Bonchev–Trinajstić information content (AvgIpc) is 3.32. The maximum absolute atomic E-state index is 11.9. The fraction of sp³-hybridized carbons (Fsp3) is 0.550. The molecule has 1 saturated carbocycles. The number of nitrogens with zero attached hydrogens (tertiary/aromatic N) is 3. The van der Waals surface area contributed by atoms with Crippen LogP contribution in [0.15, 0.2) is 36.7 Å². The third-order valence-corrected chi connectivity index (χ3v) is 7.86. The molecule has 2 heterocycles. The van der Waals surface area contributed by atoms with Gasteiger partial charge in [-0.25, -0.2) is 8.42 Å². The molecule has 1 saturated heterocycles. The molecule has 2 fully saturated rings. The Hall–Kier alpha value is -1.44. The van der Waals surface area contributed by atoms with E-state index in [-0.39, 0.29) is 11.8 Å². The first-order chi connectivity index (χ1) is 12.9. The molecule has 146 valence electrons. The zero-order valence-electron chi connectivity index (χ0n) is 15.9. The molecule has 1 aliphatic carbocycles. The van der Waals surface area contributed by atoms with Crippen molar-refractivity contribution in [2.75, 3.05) is 11.5 Å². The molecule has 1 aromatic heterocycles. The predicted octanol–water partition coefficient (Wildman–Crippen LogP) is 3.74. The molecule has 2 aliphatic rings. The Kier molecular flexibility index (Phi) is 5.03. The highest BCUT2D eigenvalue weighted by atomic mass is 32.2. The number of para-hydroxylation sites is 1. The molecule has 0 spiro atoms. The van der Waals surface area contributed by atoms with Crippen molar-refractivity contribution in [3.8, 4) is 5.69 Å². The normalized spacial score (nSPS) is 22.0. The molecule has 5 nitrogen and oxygen atoms in total. The van der Waals surface area contributed by atoms with E-state index in [0.717, 1.165) is 29.7 Å². The van der Waals surface area contributed by atoms with Gasteiger partial charge in [0.15, 0.2) is 14.6 Å². The Morgan fingerprint density at radius 2 is 1.89 bits per heavy atom. The summed E-state index contributed by atoms with van der Waals surface area (Å²) in [7, 11) is -2.88. The minimum atomic E-state index is -2.88. The molecule has 7 heteroatoms. The highest BCUT2D eigenvalue weighted by Crippen LogP contribution is 2.33. The van der Waals surface area contributed by atoms with Crippen molar-refractivity contribution in [1.29, 1.82) is 0 Å². The van der Waals surface area contributed by atoms with Crippen LogP contribution in [0.2, 0.25) is 0 Å². The number of hydrogen-bond acceptors (Lipinski definition) is 4. The molecule has 0 amide bonds. The second kappa shape index (κ2) is 7.18. The molecular formula is C20H27N3O2S2. The first-order valence-electron chi connectivity index (χ1n) is 9.69. The molecule has 1 unspecified atom stereocenters. The topological polar surface area (TPSA) is 47.2 Å². The van der Waals surface area contributed by atoms with Gasteiger partial charge in [-0.3, -0.25) is 9.47 Å². The van der Waals surface area contributed by atoms with Crippen molar-refractivity contribution in [3.05, 3.63) is 47.0 Å². The van der Waals surface area contributed by atoms with Crippen LogP contribution in [-0.4, -0.2) is 46.0 Å². The quantitative estimate of drug-likeness (QED) is 0.687. The van der Waals surface area contributed by atoms with E-state index >= 15 is 0 Å². The first kappa shape index (κ1) is 18.9. The van der Waals surface area contributed by atoms with Gasteiger partial charge < -0.3 is 4.57 Å². The number of imidazole rings is 1. The van der Waals surface area contributed by atoms with Gasteiger partial charge in [-0.15, -0.1) is 0 Å². The van der Waals surface area contributed by atoms with E-state index in [4.69, 9.17) is 12.2 Å². The van der Waals surface area contributed by atoms with E-state index in [1.807, 2.05) is 18.5 Å². The zero-order chi connectivity index (χ0) is 19.2. The largest absolute Gasteiger partial charge is 0.310 e. The maximum atomic E-state index is 11.9. The van der Waals surface area contributed by atoms with Crippen LogP contribution in [0.25, 0.3) is 5.69 Å². The standard InChI is InChI=1S/C20H27N3O2S2/c1-15(2)18-5-3-4-6-19(18)22-11-10-21(20(22)26)14-23(16-7-8-16)17-9-12-27(24,25)13-17/h3-6,10-11,15-17H,7-9,12-14H2,1-2H3. The van der Waals surface area contributed by atoms with Crippen LogP contribution >= 0.6 is 12.2 Å². The Labute approximate surface area is 166 Å². The van der Waals surface area contributed by atoms with Crippen LogP contribution in [0.4, 0.5) is 0 Å². The lowest BCUT2D eigenvalue weighted by Crippen LogP contribution is -2.39. The van der Waals surface area contributed by atoms with Gasteiger partial charge in [0, 0.05) is 24.5 Å². The van der Waals surface area contributed by atoms with E-state index in [9.17, 15) is 8.42 Å². The lowest BCUT2D eigenvalue weighted by atomic mass is 10.0. The van der Waals surface area contributed by atoms with Crippen LogP contribution in [0.3, 0.4) is 0 Å². The van der Waals surface area contributed by atoms with Gasteiger partial charge in [0.25, 0.3) is 0 Å². The number of aromatic nitrogens is 2. The molecule has 1 aliphatic heterocycles. The van der Waals surface area contributed by atoms with Crippen molar-refractivity contribution in [2.24, 2.45) is 0 Å². The smallest absolute Gasteiger partial charge is 0.185 e. The zero-order valence-corrected chi connectivity index (χ0v) is 17.5. The summed E-state index contributed by atoms with van der Waals surface area (Å²) in [6, 6.07) is 8.98. The maximum Gasteiger partial charge on any atom is 0.185 e. The fourth-order valence-electron chi connectivity index (χ4n) is 4.05. The van der Waals surface area contributed by atoms with Crippen LogP contribution in [-0.2, 0) is 16.5 Å². The summed E-state index contributed by atoms with van der Waals surface area (Å²) >= 11 is 5.78. The fourth-order valence-corrected chi connectivity index (χ4v) is 6.07. The summed E-state index contributed by atoms with van der Waals surface area (Å²) in [5.74, 6) is 1.01. The van der Waals surface area contributed by atoms with Gasteiger partial charge in [0.2, 0.25) is 0 Å². The molecule has 27 heavy (non-hydrogen) atoms. The third kappa shape index (κ3) is 3.91. The molecule has 0 bridgehead atoms. The van der Waals surface area contributed by atoms with Crippen molar-refractivity contribution in [2.45, 2.75) is 57.8 Å². The number of rotatable bonds is 6. The van der Waals surface area contributed by atoms with Crippen LogP contribution in [0.5, 0.6) is 0 Å². The van der Waals surface area contributed by atoms with Gasteiger partial charge in [-0.2, -0.15) is 0 Å². The van der Waals surface area contributed by atoms with Crippen molar-refractivity contribution >= 4 is 22.1 Å². The Morgan fingerprint density at radius 3 is 2.52 bits per heavy atom. The summed E-state index contributed by atoms with van der Waals surface area (Å²) in [6.07, 6.45) is 7.10. The van der Waals surface area contributed by atoms with E-state index in [1.165, 1.54) is 5.56 Å².